The molecule has 0 bridgehead atoms. The number of fused-ring (bicyclic) bond motifs is 3. The van der Waals surface area contributed by atoms with Gasteiger partial charge in [0.15, 0.2) is 0 Å². The van der Waals surface area contributed by atoms with Crippen molar-refractivity contribution < 1.29 is 0 Å². The number of anilines is 2. The van der Waals surface area contributed by atoms with Gasteiger partial charge in [0.1, 0.15) is 0 Å². The maximum atomic E-state index is 6.59. The first-order chi connectivity index (χ1) is 17.6. The van der Waals surface area contributed by atoms with Crippen LogP contribution in [0.1, 0.15) is 47.9 Å². The minimum Gasteiger partial charge on any atom is -0.324 e. The molecule has 5 rings (SSSR count). The maximum absolute atomic E-state index is 6.59. The van der Waals surface area contributed by atoms with Gasteiger partial charge in [0, 0.05) is 34.9 Å². The Balaban J connectivity index is 0.00000320. The second-order valence-corrected chi connectivity index (χ2v) is 10.1. The highest BCUT2D eigenvalue weighted by Gasteiger charge is 2.28. The van der Waals surface area contributed by atoms with Crippen molar-refractivity contribution >= 4 is 35.6 Å². The Morgan fingerprint density at radius 2 is 1.68 bits per heavy atom. The Kier molecular flexibility index (Phi) is 9.20. The van der Waals surface area contributed by atoms with Crippen LogP contribution in [0.4, 0.5) is 11.6 Å². The van der Waals surface area contributed by atoms with E-state index in [-0.39, 0.29) is 18.3 Å². The third kappa shape index (κ3) is 6.32. The van der Waals surface area contributed by atoms with E-state index in [1.165, 1.54) is 24.0 Å². The molecule has 3 aromatic carbocycles. The first kappa shape index (κ1) is 27.1. The minimum atomic E-state index is 0. The van der Waals surface area contributed by atoms with Crippen molar-refractivity contribution in [1.29, 1.82) is 0 Å². The molecule has 1 aromatic heterocycles. The van der Waals surface area contributed by atoms with Crippen LogP contribution in [-0.2, 0) is 12.8 Å². The van der Waals surface area contributed by atoms with Gasteiger partial charge in [-0.2, -0.15) is 0 Å². The van der Waals surface area contributed by atoms with Gasteiger partial charge in [0.05, 0.1) is 5.69 Å². The average molecular weight is 534 g/mol. The third-order valence-corrected chi connectivity index (χ3v) is 7.39. The van der Waals surface area contributed by atoms with Gasteiger partial charge in [-0.25, -0.2) is 9.97 Å². The van der Waals surface area contributed by atoms with E-state index < -0.39 is 0 Å². The number of nitrogens with one attached hydrogen (secondary N) is 1. The zero-order valence-corrected chi connectivity index (χ0v) is 23.0. The van der Waals surface area contributed by atoms with Crippen LogP contribution in [0.5, 0.6) is 0 Å². The molecule has 1 heterocycles. The monoisotopic (exact) mass is 532 g/mol. The summed E-state index contributed by atoms with van der Waals surface area (Å²) in [6, 6.07) is 25.3. The van der Waals surface area contributed by atoms with E-state index in [1.807, 2.05) is 18.3 Å². The Bertz CT molecular complexity index is 1320. The summed E-state index contributed by atoms with van der Waals surface area (Å²) in [4.78, 5) is 12.0. The van der Waals surface area contributed by atoms with Crippen molar-refractivity contribution in [2.75, 3.05) is 25.5 Å². The van der Waals surface area contributed by atoms with Crippen LogP contribution in [0, 0.1) is 0 Å². The van der Waals surface area contributed by atoms with Crippen molar-refractivity contribution in [3.05, 3.63) is 106 Å². The zero-order chi connectivity index (χ0) is 24.9. The van der Waals surface area contributed by atoms with E-state index in [0.29, 0.717) is 5.95 Å². The molecule has 0 aliphatic heterocycles. The molecule has 37 heavy (non-hydrogen) atoms. The largest absolute Gasteiger partial charge is 0.324 e. The molecule has 0 saturated carbocycles. The van der Waals surface area contributed by atoms with E-state index in [2.05, 4.69) is 89.8 Å². The molecule has 0 amide bonds. The molecular weight excluding hydrogens is 499 g/mol. The van der Waals surface area contributed by atoms with Gasteiger partial charge in [0.25, 0.3) is 0 Å². The molecule has 1 aliphatic rings. The van der Waals surface area contributed by atoms with Crippen molar-refractivity contribution in [2.24, 2.45) is 0 Å². The summed E-state index contributed by atoms with van der Waals surface area (Å²) >= 11 is 6.59. The fourth-order valence-electron chi connectivity index (χ4n) is 4.97. The number of aromatic nitrogens is 2. The molecule has 6 heteroatoms. The molecule has 192 valence electrons. The molecule has 1 N–H and O–H groups in total. The van der Waals surface area contributed by atoms with Crippen LogP contribution in [0.2, 0.25) is 5.02 Å². The number of rotatable bonds is 9. The average Bonchev–Trinajstić information content (AvgIpc) is 2.91. The van der Waals surface area contributed by atoms with Gasteiger partial charge in [-0.15, -0.1) is 12.4 Å². The predicted molar refractivity (Wildman–Crippen MR) is 158 cm³/mol. The van der Waals surface area contributed by atoms with E-state index in [0.717, 1.165) is 59.0 Å². The first-order valence-electron chi connectivity index (χ1n) is 12.9. The predicted octanol–water partition coefficient (Wildman–Crippen LogP) is 7.92. The quantitative estimate of drug-likeness (QED) is 0.237. The van der Waals surface area contributed by atoms with Crippen LogP contribution in [-0.4, -0.2) is 35.0 Å². The minimum absolute atomic E-state index is 0. The maximum Gasteiger partial charge on any atom is 0.227 e. The molecule has 4 nitrogen and oxygen atoms in total. The standard InChI is InChI=1S/C31H33ClN4.ClH/c1-3-4-18-36(2)19-17-22-13-15-24(16-14-22)34-31-33-21-23-20-28(26-10-7-8-12-29(26)32)25-9-5-6-11-27(25)30(23)35-31;/h5-16,21,28H,3-4,17-20H2,1-2H3,(H,33,34,35);1H. The number of benzene rings is 3. The molecule has 1 aliphatic carbocycles. The van der Waals surface area contributed by atoms with Gasteiger partial charge in [-0.05, 0) is 73.3 Å². The molecule has 1 atom stereocenters. The fourth-order valence-corrected chi connectivity index (χ4v) is 5.24. The Labute approximate surface area is 231 Å². The van der Waals surface area contributed by atoms with E-state index in [9.17, 15) is 0 Å². The SMILES string of the molecule is CCCCN(C)CCc1ccc(Nc2ncc3c(n2)-c2ccccc2C(c2ccccc2Cl)C3)cc1.Cl. The van der Waals surface area contributed by atoms with E-state index in [4.69, 9.17) is 16.6 Å². The molecular formula is C31H34Cl2N4. The topological polar surface area (TPSA) is 41.0 Å². The number of hydrogen-bond donors (Lipinski definition) is 1. The summed E-state index contributed by atoms with van der Waals surface area (Å²) in [6.07, 6.45) is 6.34. The third-order valence-electron chi connectivity index (χ3n) is 7.05. The normalized spacial score (nSPS) is 14.0. The lowest BCUT2D eigenvalue weighted by atomic mass is 9.78. The molecule has 4 aromatic rings. The summed E-state index contributed by atoms with van der Waals surface area (Å²) in [5.74, 6) is 0.810. The first-order valence-corrected chi connectivity index (χ1v) is 13.2. The molecule has 0 fully saturated rings. The van der Waals surface area contributed by atoms with Crippen LogP contribution < -0.4 is 5.32 Å². The second-order valence-electron chi connectivity index (χ2n) is 9.66. The van der Waals surface area contributed by atoms with Crippen LogP contribution in [0.3, 0.4) is 0 Å². The van der Waals surface area contributed by atoms with E-state index in [1.54, 1.807) is 0 Å². The Hall–Kier alpha value is -2.92. The van der Waals surface area contributed by atoms with E-state index >= 15 is 0 Å². The van der Waals surface area contributed by atoms with Crippen molar-refractivity contribution in [3.63, 3.8) is 0 Å². The van der Waals surface area contributed by atoms with Crippen LogP contribution in [0.25, 0.3) is 11.3 Å². The molecule has 1 unspecified atom stereocenters. The van der Waals surface area contributed by atoms with Gasteiger partial charge < -0.3 is 10.2 Å². The van der Waals surface area contributed by atoms with Crippen LogP contribution >= 0.6 is 24.0 Å². The zero-order valence-electron chi connectivity index (χ0n) is 21.5. The second kappa shape index (κ2) is 12.6. The summed E-state index contributed by atoms with van der Waals surface area (Å²) in [7, 11) is 2.20. The smallest absolute Gasteiger partial charge is 0.227 e. The lowest BCUT2D eigenvalue weighted by Crippen LogP contribution is -2.22. The Morgan fingerprint density at radius 1 is 0.946 bits per heavy atom. The summed E-state index contributed by atoms with van der Waals surface area (Å²) in [5, 5.41) is 4.20. The van der Waals surface area contributed by atoms with Crippen molar-refractivity contribution in [2.45, 2.75) is 38.5 Å². The summed E-state index contributed by atoms with van der Waals surface area (Å²) < 4.78 is 0. The highest BCUT2D eigenvalue weighted by atomic mass is 35.5. The van der Waals surface area contributed by atoms with Crippen LogP contribution in [0.15, 0.2) is 79.0 Å². The molecule has 0 spiro atoms. The number of nitrogens with zero attached hydrogens (tertiary/aromatic N) is 3. The van der Waals surface area contributed by atoms with Gasteiger partial charge in [-0.3, -0.25) is 0 Å². The Morgan fingerprint density at radius 3 is 2.43 bits per heavy atom. The fraction of sp³-hybridized carbons (Fsp3) is 0.290. The lowest BCUT2D eigenvalue weighted by molar-refractivity contribution is 0.332. The number of unbranched alkanes of at least 4 members (excludes halogenated alkanes) is 1. The number of halogens is 2. The molecule has 0 radical (unpaired) electrons. The number of likely N-dealkylation sites (N-methyl/N-ethyl adjacent to an activating group) is 1. The lowest BCUT2D eigenvalue weighted by Gasteiger charge is -2.28. The summed E-state index contributed by atoms with van der Waals surface area (Å²) in [5.41, 5.74) is 8.04. The van der Waals surface area contributed by atoms with Gasteiger partial charge >= 0.3 is 0 Å². The van der Waals surface area contributed by atoms with Crippen molar-refractivity contribution in [1.82, 2.24) is 14.9 Å². The van der Waals surface area contributed by atoms with Gasteiger partial charge in [0.2, 0.25) is 5.95 Å². The summed E-state index contributed by atoms with van der Waals surface area (Å²) in [6.45, 7) is 4.48. The van der Waals surface area contributed by atoms with Crippen molar-refractivity contribution in [3.8, 4) is 11.3 Å². The number of hydrogen-bond acceptors (Lipinski definition) is 4. The highest BCUT2D eigenvalue weighted by Crippen LogP contribution is 2.43. The molecule has 0 saturated heterocycles. The highest BCUT2D eigenvalue weighted by molar-refractivity contribution is 6.31. The van der Waals surface area contributed by atoms with Gasteiger partial charge in [-0.1, -0.05) is 79.5 Å².